The van der Waals surface area contributed by atoms with Crippen LogP contribution < -0.4 is 5.32 Å². The van der Waals surface area contributed by atoms with Crippen LogP contribution in [0.15, 0.2) is 18.2 Å². The molecule has 1 nitrogen and oxygen atoms in total. The summed E-state index contributed by atoms with van der Waals surface area (Å²) >= 11 is 0. The van der Waals surface area contributed by atoms with Crippen molar-refractivity contribution in [1.29, 1.82) is 0 Å². The first-order valence-electron chi connectivity index (χ1n) is 7.05. The highest BCUT2D eigenvalue weighted by Gasteiger charge is 2.11. The Bertz CT molecular complexity index is 349. The molecule has 1 fully saturated rings. The van der Waals surface area contributed by atoms with E-state index in [0.29, 0.717) is 0 Å². The number of nitrogens with one attached hydrogen (secondary N) is 1. The average molecular weight is 231 g/mol. The van der Waals surface area contributed by atoms with Gasteiger partial charge < -0.3 is 5.32 Å². The van der Waals surface area contributed by atoms with Crippen LogP contribution in [0.2, 0.25) is 0 Å². The molecule has 17 heavy (non-hydrogen) atoms. The molecular formula is C16H25N. The van der Waals surface area contributed by atoms with Crippen LogP contribution in [0, 0.1) is 13.8 Å². The molecule has 1 aromatic carbocycles. The van der Waals surface area contributed by atoms with Crippen LogP contribution in [0.1, 0.15) is 48.8 Å². The maximum atomic E-state index is 3.69. The molecule has 1 aliphatic heterocycles. The lowest BCUT2D eigenvalue weighted by molar-refractivity contribution is 0.478. The molecule has 0 aromatic heterocycles. The number of hydrogen-bond donors (Lipinski definition) is 1. The van der Waals surface area contributed by atoms with Gasteiger partial charge in [-0.2, -0.15) is 0 Å². The second-order valence-electron chi connectivity index (χ2n) is 5.47. The molecule has 0 amide bonds. The lowest BCUT2D eigenvalue weighted by Crippen LogP contribution is -2.28. The van der Waals surface area contributed by atoms with Crippen molar-refractivity contribution in [2.75, 3.05) is 6.54 Å². The standard InChI is InChI=1S/C16H25N/c1-13-7-8-14(2)15(12-13)9-10-16-6-4-3-5-11-17-16/h7-8,12,16-17H,3-6,9-11H2,1-2H3. The van der Waals surface area contributed by atoms with Crippen molar-refractivity contribution in [1.82, 2.24) is 5.32 Å². The fourth-order valence-corrected chi connectivity index (χ4v) is 2.75. The maximum absolute atomic E-state index is 3.69. The summed E-state index contributed by atoms with van der Waals surface area (Å²) in [6, 6.07) is 7.57. The monoisotopic (exact) mass is 231 g/mol. The maximum Gasteiger partial charge on any atom is 0.00702 e. The van der Waals surface area contributed by atoms with E-state index in [-0.39, 0.29) is 0 Å². The van der Waals surface area contributed by atoms with Crippen LogP contribution in [0.4, 0.5) is 0 Å². The Balaban J connectivity index is 1.89. The minimum atomic E-state index is 0.748. The van der Waals surface area contributed by atoms with Gasteiger partial charge in [-0.1, -0.05) is 36.6 Å². The van der Waals surface area contributed by atoms with Crippen molar-refractivity contribution in [2.45, 2.75) is 58.4 Å². The van der Waals surface area contributed by atoms with E-state index in [4.69, 9.17) is 0 Å². The number of benzene rings is 1. The van der Waals surface area contributed by atoms with Crippen LogP contribution >= 0.6 is 0 Å². The first kappa shape index (κ1) is 12.6. The van der Waals surface area contributed by atoms with Crippen LogP contribution in [-0.4, -0.2) is 12.6 Å². The molecule has 0 bridgehead atoms. The van der Waals surface area contributed by atoms with Gasteiger partial charge in [-0.15, -0.1) is 0 Å². The zero-order valence-electron chi connectivity index (χ0n) is 11.3. The fraction of sp³-hybridized carbons (Fsp3) is 0.625. The van der Waals surface area contributed by atoms with Gasteiger partial charge in [-0.05, 0) is 57.2 Å². The molecule has 1 heteroatoms. The smallest absolute Gasteiger partial charge is 0.00702 e. The van der Waals surface area contributed by atoms with Crippen molar-refractivity contribution in [3.63, 3.8) is 0 Å². The number of aryl methyl sites for hydroxylation is 3. The number of hydrogen-bond acceptors (Lipinski definition) is 1. The lowest BCUT2D eigenvalue weighted by Gasteiger charge is -2.16. The molecule has 1 heterocycles. The second-order valence-corrected chi connectivity index (χ2v) is 5.47. The van der Waals surface area contributed by atoms with Gasteiger partial charge >= 0.3 is 0 Å². The highest BCUT2D eigenvalue weighted by molar-refractivity contribution is 5.30. The summed E-state index contributed by atoms with van der Waals surface area (Å²) in [6.07, 6.45) is 8.07. The van der Waals surface area contributed by atoms with E-state index in [9.17, 15) is 0 Å². The molecule has 1 N–H and O–H groups in total. The van der Waals surface area contributed by atoms with Gasteiger partial charge in [-0.25, -0.2) is 0 Å². The molecule has 1 aromatic rings. The van der Waals surface area contributed by atoms with E-state index in [1.54, 1.807) is 0 Å². The largest absolute Gasteiger partial charge is 0.314 e. The van der Waals surface area contributed by atoms with Crippen LogP contribution in [0.5, 0.6) is 0 Å². The average Bonchev–Trinajstić information content (AvgIpc) is 2.59. The van der Waals surface area contributed by atoms with Gasteiger partial charge in [0.1, 0.15) is 0 Å². The fourth-order valence-electron chi connectivity index (χ4n) is 2.75. The molecule has 1 aliphatic rings. The zero-order chi connectivity index (χ0) is 12.1. The second kappa shape index (κ2) is 6.20. The van der Waals surface area contributed by atoms with Crippen molar-refractivity contribution in [3.8, 4) is 0 Å². The topological polar surface area (TPSA) is 12.0 Å². The SMILES string of the molecule is Cc1ccc(C)c(CCC2CCCCCN2)c1. The Morgan fingerprint density at radius 1 is 1.18 bits per heavy atom. The Labute approximate surface area is 106 Å². The van der Waals surface area contributed by atoms with E-state index in [1.165, 1.54) is 61.8 Å². The third-order valence-electron chi connectivity index (χ3n) is 3.93. The normalized spacial score (nSPS) is 21.2. The quantitative estimate of drug-likeness (QED) is 0.835. The molecule has 1 atom stereocenters. The van der Waals surface area contributed by atoms with Crippen LogP contribution in [0.25, 0.3) is 0 Å². The molecule has 94 valence electrons. The zero-order valence-corrected chi connectivity index (χ0v) is 11.3. The lowest BCUT2D eigenvalue weighted by atomic mass is 9.97. The van der Waals surface area contributed by atoms with Crippen molar-refractivity contribution in [2.24, 2.45) is 0 Å². The van der Waals surface area contributed by atoms with Gasteiger partial charge in [0.2, 0.25) is 0 Å². The Kier molecular flexibility index (Phi) is 4.61. The Hall–Kier alpha value is -0.820. The van der Waals surface area contributed by atoms with Crippen molar-refractivity contribution >= 4 is 0 Å². The van der Waals surface area contributed by atoms with Gasteiger partial charge in [0, 0.05) is 6.04 Å². The summed E-state index contributed by atoms with van der Waals surface area (Å²) in [7, 11) is 0. The molecule has 0 radical (unpaired) electrons. The minimum absolute atomic E-state index is 0.748. The van der Waals surface area contributed by atoms with E-state index >= 15 is 0 Å². The first-order valence-corrected chi connectivity index (χ1v) is 7.05. The van der Waals surface area contributed by atoms with Crippen molar-refractivity contribution in [3.05, 3.63) is 34.9 Å². The summed E-state index contributed by atoms with van der Waals surface area (Å²) in [5.74, 6) is 0. The molecule has 0 spiro atoms. The van der Waals surface area contributed by atoms with Crippen LogP contribution in [0.3, 0.4) is 0 Å². The summed E-state index contributed by atoms with van der Waals surface area (Å²) < 4.78 is 0. The molecule has 0 aliphatic carbocycles. The summed E-state index contributed by atoms with van der Waals surface area (Å²) in [5, 5.41) is 3.69. The summed E-state index contributed by atoms with van der Waals surface area (Å²) in [4.78, 5) is 0. The van der Waals surface area contributed by atoms with Gasteiger partial charge in [0.25, 0.3) is 0 Å². The third kappa shape index (κ3) is 3.85. The third-order valence-corrected chi connectivity index (χ3v) is 3.93. The van der Waals surface area contributed by atoms with E-state index in [2.05, 4.69) is 37.4 Å². The highest BCUT2D eigenvalue weighted by atomic mass is 14.9. The first-order chi connectivity index (χ1) is 8.25. The predicted octanol–water partition coefficient (Wildman–Crippen LogP) is 3.77. The van der Waals surface area contributed by atoms with Gasteiger partial charge in [0.05, 0.1) is 0 Å². The van der Waals surface area contributed by atoms with Crippen LogP contribution in [-0.2, 0) is 6.42 Å². The van der Waals surface area contributed by atoms with E-state index in [1.807, 2.05) is 0 Å². The molecule has 0 saturated carbocycles. The molecule has 1 unspecified atom stereocenters. The molecule has 2 rings (SSSR count). The Morgan fingerprint density at radius 3 is 2.94 bits per heavy atom. The van der Waals surface area contributed by atoms with E-state index in [0.717, 1.165) is 6.04 Å². The highest BCUT2D eigenvalue weighted by Crippen LogP contribution is 2.17. The van der Waals surface area contributed by atoms with Crippen molar-refractivity contribution < 1.29 is 0 Å². The van der Waals surface area contributed by atoms with Gasteiger partial charge in [-0.3, -0.25) is 0 Å². The molecule has 1 saturated heterocycles. The molecular weight excluding hydrogens is 206 g/mol. The summed E-state index contributed by atoms with van der Waals surface area (Å²) in [6.45, 7) is 5.64. The van der Waals surface area contributed by atoms with Gasteiger partial charge in [0.15, 0.2) is 0 Å². The predicted molar refractivity (Wildman–Crippen MR) is 74.5 cm³/mol. The van der Waals surface area contributed by atoms with E-state index < -0.39 is 0 Å². The Morgan fingerprint density at radius 2 is 2.06 bits per heavy atom. The minimum Gasteiger partial charge on any atom is -0.314 e. The number of rotatable bonds is 3. The summed E-state index contributed by atoms with van der Waals surface area (Å²) in [5.41, 5.74) is 4.37.